The molecule has 5 heteroatoms. The Bertz CT molecular complexity index is 855. The van der Waals surface area contributed by atoms with E-state index in [1.54, 1.807) is 19.1 Å². The van der Waals surface area contributed by atoms with E-state index in [0.29, 0.717) is 17.0 Å². The minimum atomic E-state index is -0.633. The Morgan fingerprint density at radius 3 is 2.34 bits per heavy atom. The van der Waals surface area contributed by atoms with Gasteiger partial charge in [0, 0.05) is 17.3 Å². The van der Waals surface area contributed by atoms with E-state index in [9.17, 15) is 9.59 Å². The van der Waals surface area contributed by atoms with E-state index >= 15 is 0 Å². The monoisotopic (exact) mass is 394 g/mol. The molecule has 1 saturated carbocycles. The minimum Gasteiger partial charge on any atom is -0.481 e. The summed E-state index contributed by atoms with van der Waals surface area (Å²) in [4.78, 5) is 25.0. The minimum absolute atomic E-state index is 0.0473. The molecule has 29 heavy (non-hydrogen) atoms. The number of aryl methyl sites for hydroxylation is 2. The van der Waals surface area contributed by atoms with Gasteiger partial charge in [-0.05, 0) is 69.5 Å². The lowest BCUT2D eigenvalue weighted by Crippen LogP contribution is -2.36. The molecule has 0 radical (unpaired) electrons. The lowest BCUT2D eigenvalue weighted by molar-refractivity contribution is -0.122. The van der Waals surface area contributed by atoms with Crippen molar-refractivity contribution in [2.75, 3.05) is 5.32 Å². The average molecular weight is 395 g/mol. The van der Waals surface area contributed by atoms with Crippen LogP contribution in [0.3, 0.4) is 0 Å². The maximum atomic E-state index is 12.5. The van der Waals surface area contributed by atoms with E-state index in [2.05, 4.69) is 10.6 Å². The maximum Gasteiger partial charge on any atom is 0.265 e. The maximum absolute atomic E-state index is 12.5. The van der Waals surface area contributed by atoms with Gasteiger partial charge in [-0.15, -0.1) is 0 Å². The van der Waals surface area contributed by atoms with Crippen LogP contribution in [-0.4, -0.2) is 24.0 Å². The second-order valence-electron chi connectivity index (χ2n) is 7.90. The zero-order valence-corrected chi connectivity index (χ0v) is 17.5. The number of carbonyl (C=O) groups excluding carboxylic acids is 2. The topological polar surface area (TPSA) is 67.4 Å². The van der Waals surface area contributed by atoms with Crippen molar-refractivity contribution >= 4 is 17.5 Å². The lowest BCUT2D eigenvalue weighted by Gasteiger charge is -2.23. The van der Waals surface area contributed by atoms with Crippen LogP contribution in [0.4, 0.5) is 5.69 Å². The summed E-state index contributed by atoms with van der Waals surface area (Å²) < 4.78 is 5.71. The van der Waals surface area contributed by atoms with E-state index < -0.39 is 6.10 Å². The molecule has 0 spiro atoms. The van der Waals surface area contributed by atoms with Crippen LogP contribution < -0.4 is 15.4 Å². The summed E-state index contributed by atoms with van der Waals surface area (Å²) in [5.74, 6) is 0.381. The third-order valence-electron chi connectivity index (χ3n) is 5.39. The van der Waals surface area contributed by atoms with Crippen molar-refractivity contribution in [1.82, 2.24) is 5.32 Å². The average Bonchev–Trinajstić information content (AvgIpc) is 2.71. The van der Waals surface area contributed by atoms with E-state index in [0.717, 1.165) is 24.0 Å². The molecule has 2 aromatic carbocycles. The summed E-state index contributed by atoms with van der Waals surface area (Å²) in [6.07, 6.45) is 5.09. The van der Waals surface area contributed by atoms with Crippen molar-refractivity contribution in [2.24, 2.45) is 0 Å². The first-order valence-electron chi connectivity index (χ1n) is 10.4. The second kappa shape index (κ2) is 9.59. The predicted octanol–water partition coefficient (Wildman–Crippen LogP) is 4.77. The van der Waals surface area contributed by atoms with Crippen LogP contribution in [0.25, 0.3) is 0 Å². The Labute approximate surface area is 172 Å². The summed E-state index contributed by atoms with van der Waals surface area (Å²) in [7, 11) is 0. The number of carbonyl (C=O) groups is 2. The highest BCUT2D eigenvalue weighted by Crippen LogP contribution is 2.20. The number of amides is 2. The smallest absolute Gasteiger partial charge is 0.265 e. The van der Waals surface area contributed by atoms with Crippen LogP contribution in [0, 0.1) is 13.8 Å². The summed E-state index contributed by atoms with van der Waals surface area (Å²) >= 11 is 0. The molecule has 0 aliphatic heterocycles. The normalized spacial score (nSPS) is 15.4. The van der Waals surface area contributed by atoms with Gasteiger partial charge in [0.25, 0.3) is 11.8 Å². The molecule has 0 saturated heterocycles. The van der Waals surface area contributed by atoms with Crippen LogP contribution >= 0.6 is 0 Å². The summed E-state index contributed by atoms with van der Waals surface area (Å²) in [6.45, 7) is 5.61. The third kappa shape index (κ3) is 5.83. The quantitative estimate of drug-likeness (QED) is 0.741. The van der Waals surface area contributed by atoms with Crippen molar-refractivity contribution < 1.29 is 14.3 Å². The lowest BCUT2D eigenvalue weighted by atomic mass is 9.95. The number of rotatable bonds is 6. The van der Waals surface area contributed by atoms with Gasteiger partial charge in [0.1, 0.15) is 5.75 Å². The van der Waals surface area contributed by atoms with Gasteiger partial charge in [-0.3, -0.25) is 9.59 Å². The number of ether oxygens (including phenoxy) is 1. The molecule has 2 amide bonds. The molecular formula is C24H30N2O3. The molecule has 0 bridgehead atoms. The third-order valence-corrected chi connectivity index (χ3v) is 5.39. The highest BCUT2D eigenvalue weighted by atomic mass is 16.5. The van der Waals surface area contributed by atoms with Gasteiger partial charge in [-0.2, -0.15) is 0 Å². The Balaban J connectivity index is 1.58. The Morgan fingerprint density at radius 2 is 1.69 bits per heavy atom. The van der Waals surface area contributed by atoms with E-state index in [1.807, 2.05) is 44.2 Å². The summed E-state index contributed by atoms with van der Waals surface area (Å²) in [5, 5.41) is 6.02. The molecule has 1 atom stereocenters. The van der Waals surface area contributed by atoms with Gasteiger partial charge in [0.2, 0.25) is 0 Å². The molecule has 154 valence electrons. The zero-order valence-electron chi connectivity index (χ0n) is 17.5. The molecule has 1 fully saturated rings. The Morgan fingerprint density at radius 1 is 1.00 bits per heavy atom. The van der Waals surface area contributed by atoms with Crippen molar-refractivity contribution in [3.63, 3.8) is 0 Å². The first-order valence-corrected chi connectivity index (χ1v) is 10.4. The number of hydrogen-bond acceptors (Lipinski definition) is 3. The van der Waals surface area contributed by atoms with Crippen LogP contribution in [0.1, 0.15) is 60.5 Å². The molecule has 1 unspecified atom stereocenters. The first-order chi connectivity index (χ1) is 13.9. The van der Waals surface area contributed by atoms with E-state index in [1.165, 1.54) is 19.3 Å². The largest absolute Gasteiger partial charge is 0.481 e. The number of nitrogens with one attached hydrogen (secondary N) is 2. The number of benzene rings is 2. The van der Waals surface area contributed by atoms with Crippen LogP contribution in [0.2, 0.25) is 0 Å². The zero-order chi connectivity index (χ0) is 20.8. The van der Waals surface area contributed by atoms with Crippen molar-refractivity contribution in [3.8, 4) is 5.75 Å². The van der Waals surface area contributed by atoms with Gasteiger partial charge in [0.15, 0.2) is 6.10 Å². The predicted molar refractivity (Wildman–Crippen MR) is 115 cm³/mol. The molecule has 2 aromatic rings. The SMILES string of the molecule is Cc1ccc(OC(C)C(=O)Nc2ccc(C(=O)NC3CCCCC3)cc2C)cc1. The van der Waals surface area contributed by atoms with Crippen molar-refractivity contribution in [2.45, 2.75) is 65.0 Å². The molecule has 5 nitrogen and oxygen atoms in total. The summed E-state index contributed by atoms with van der Waals surface area (Å²) in [6, 6.07) is 13.2. The van der Waals surface area contributed by atoms with E-state index in [4.69, 9.17) is 4.74 Å². The molecule has 0 heterocycles. The van der Waals surface area contributed by atoms with Crippen molar-refractivity contribution in [1.29, 1.82) is 0 Å². The van der Waals surface area contributed by atoms with Gasteiger partial charge in [0.05, 0.1) is 0 Å². The number of anilines is 1. The molecule has 3 rings (SSSR count). The van der Waals surface area contributed by atoms with Crippen LogP contribution in [0.15, 0.2) is 42.5 Å². The van der Waals surface area contributed by atoms with Crippen LogP contribution in [-0.2, 0) is 4.79 Å². The molecule has 1 aliphatic carbocycles. The molecule has 2 N–H and O–H groups in total. The standard InChI is InChI=1S/C24H30N2O3/c1-16-9-12-21(13-10-16)29-18(3)23(27)26-22-14-11-19(15-17(22)2)24(28)25-20-7-5-4-6-8-20/h9-15,18,20H,4-8H2,1-3H3,(H,25,28)(H,26,27). The van der Waals surface area contributed by atoms with Crippen LogP contribution in [0.5, 0.6) is 5.75 Å². The van der Waals surface area contributed by atoms with Gasteiger partial charge >= 0.3 is 0 Å². The van der Waals surface area contributed by atoms with Gasteiger partial charge in [-0.25, -0.2) is 0 Å². The Kier molecular flexibility index (Phi) is 6.91. The molecule has 1 aliphatic rings. The highest BCUT2D eigenvalue weighted by Gasteiger charge is 2.19. The van der Waals surface area contributed by atoms with Gasteiger partial charge < -0.3 is 15.4 Å². The fourth-order valence-electron chi connectivity index (χ4n) is 3.57. The molecule has 0 aromatic heterocycles. The fraction of sp³-hybridized carbons (Fsp3) is 0.417. The van der Waals surface area contributed by atoms with E-state index in [-0.39, 0.29) is 17.9 Å². The first kappa shape index (κ1) is 20.9. The molecular weight excluding hydrogens is 364 g/mol. The number of hydrogen-bond donors (Lipinski definition) is 2. The second-order valence-corrected chi connectivity index (χ2v) is 7.90. The van der Waals surface area contributed by atoms with Gasteiger partial charge in [-0.1, -0.05) is 37.0 Å². The fourth-order valence-corrected chi connectivity index (χ4v) is 3.57. The highest BCUT2D eigenvalue weighted by molar-refractivity contribution is 5.97. The summed E-state index contributed by atoms with van der Waals surface area (Å²) in [5.41, 5.74) is 3.29. The Hall–Kier alpha value is -2.82. The van der Waals surface area contributed by atoms with Crippen molar-refractivity contribution in [3.05, 3.63) is 59.2 Å².